The lowest BCUT2D eigenvalue weighted by Gasteiger charge is -2.06. The van der Waals surface area contributed by atoms with Crippen LogP contribution in [0.15, 0.2) is 83.4 Å². The van der Waals surface area contributed by atoms with Gasteiger partial charge in [-0.2, -0.15) is 0 Å². The molecule has 0 radical (unpaired) electrons. The van der Waals surface area contributed by atoms with E-state index in [4.69, 9.17) is 9.26 Å². The smallest absolute Gasteiger partial charge is 0.255 e. The van der Waals surface area contributed by atoms with E-state index in [1.165, 1.54) is 0 Å². The van der Waals surface area contributed by atoms with Crippen molar-refractivity contribution in [1.82, 2.24) is 5.16 Å². The number of carbonyl (C=O) groups excluding carboxylic acids is 1. The van der Waals surface area contributed by atoms with Crippen LogP contribution in [0.2, 0.25) is 0 Å². The lowest BCUT2D eigenvalue weighted by atomic mass is 10.1. The highest BCUT2D eigenvalue weighted by molar-refractivity contribution is 6.04. The molecule has 0 bridgehead atoms. The molecule has 0 aliphatic rings. The van der Waals surface area contributed by atoms with Gasteiger partial charge in [-0.1, -0.05) is 35.0 Å². The molecule has 1 heterocycles. The van der Waals surface area contributed by atoms with Crippen LogP contribution in [-0.2, 0) is 0 Å². The molecule has 3 aromatic carbocycles. The first kappa shape index (κ1) is 18.5. The van der Waals surface area contributed by atoms with Crippen LogP contribution in [-0.4, -0.2) is 18.2 Å². The Morgan fingerprint density at radius 3 is 2.21 bits per heavy atom. The number of nitrogens with zero attached hydrogens (tertiary/aromatic N) is 1. The first-order chi connectivity index (χ1) is 14.1. The molecule has 0 aliphatic carbocycles. The Morgan fingerprint density at radius 2 is 1.55 bits per heavy atom. The van der Waals surface area contributed by atoms with Crippen LogP contribution in [0.3, 0.4) is 0 Å². The molecule has 0 saturated heterocycles. The zero-order chi connectivity index (χ0) is 20.2. The number of hydrogen-bond acceptors (Lipinski definition) is 4. The molecular formula is C24H20N2O3. The molecule has 144 valence electrons. The highest BCUT2D eigenvalue weighted by Gasteiger charge is 2.10. The zero-order valence-corrected chi connectivity index (χ0v) is 16.2. The number of nitrogens with one attached hydrogen (secondary N) is 1. The van der Waals surface area contributed by atoms with Crippen LogP contribution < -0.4 is 10.1 Å². The topological polar surface area (TPSA) is 64.4 Å². The van der Waals surface area contributed by atoms with E-state index >= 15 is 0 Å². The average Bonchev–Trinajstić information content (AvgIpc) is 3.25. The molecule has 0 aliphatic heterocycles. The van der Waals surface area contributed by atoms with Gasteiger partial charge in [-0.15, -0.1) is 0 Å². The maximum absolute atomic E-state index is 12.3. The number of carbonyl (C=O) groups is 1. The van der Waals surface area contributed by atoms with Crippen molar-refractivity contribution < 1.29 is 14.1 Å². The third kappa shape index (κ3) is 4.19. The number of anilines is 1. The Balaban J connectivity index is 1.47. The van der Waals surface area contributed by atoms with Gasteiger partial charge in [-0.3, -0.25) is 4.79 Å². The van der Waals surface area contributed by atoms with E-state index in [2.05, 4.69) is 10.5 Å². The van der Waals surface area contributed by atoms with Gasteiger partial charge in [0.05, 0.1) is 7.11 Å². The minimum Gasteiger partial charge on any atom is -0.497 e. The second-order valence-corrected chi connectivity index (χ2v) is 6.70. The Hall–Kier alpha value is -3.86. The first-order valence-electron chi connectivity index (χ1n) is 9.22. The van der Waals surface area contributed by atoms with Crippen molar-refractivity contribution in [3.8, 4) is 28.3 Å². The molecule has 0 fully saturated rings. The fourth-order valence-electron chi connectivity index (χ4n) is 2.94. The lowest BCUT2D eigenvalue weighted by Crippen LogP contribution is -2.11. The molecule has 0 spiro atoms. The maximum Gasteiger partial charge on any atom is 0.255 e. The Morgan fingerprint density at radius 1 is 0.897 bits per heavy atom. The number of amides is 1. The fourth-order valence-corrected chi connectivity index (χ4v) is 2.94. The van der Waals surface area contributed by atoms with Crippen molar-refractivity contribution in [2.24, 2.45) is 0 Å². The molecule has 1 amide bonds. The van der Waals surface area contributed by atoms with E-state index in [9.17, 15) is 4.79 Å². The molecule has 5 nitrogen and oxygen atoms in total. The van der Waals surface area contributed by atoms with Crippen molar-refractivity contribution in [2.75, 3.05) is 12.4 Å². The average molecular weight is 384 g/mol. The lowest BCUT2D eigenvalue weighted by molar-refractivity contribution is 0.102. The van der Waals surface area contributed by atoms with E-state index < -0.39 is 0 Å². The van der Waals surface area contributed by atoms with E-state index in [1.54, 1.807) is 7.11 Å². The van der Waals surface area contributed by atoms with Gasteiger partial charge in [0.1, 0.15) is 11.4 Å². The molecule has 0 unspecified atom stereocenters. The number of aryl methyl sites for hydroxylation is 1. The SMILES string of the molecule is COc1ccc(-c2cc(-c3ccc(NC(=O)c4ccc(C)cc4)cc3)no2)cc1. The summed E-state index contributed by atoms with van der Waals surface area (Å²) in [5.41, 5.74) is 5.02. The standard InChI is InChI=1S/C24H20N2O3/c1-16-3-5-19(6-4-16)24(27)25-20-11-7-17(8-12-20)22-15-23(29-26-22)18-9-13-21(28-2)14-10-18/h3-15H,1-2H3,(H,25,27). The van der Waals surface area contributed by atoms with Crippen LogP contribution in [0.25, 0.3) is 22.6 Å². The third-order valence-corrected chi connectivity index (χ3v) is 4.64. The highest BCUT2D eigenvalue weighted by atomic mass is 16.5. The van der Waals surface area contributed by atoms with Gasteiger partial charge < -0.3 is 14.6 Å². The van der Waals surface area contributed by atoms with Gasteiger partial charge in [-0.05, 0) is 55.5 Å². The Labute approximate surface area is 168 Å². The summed E-state index contributed by atoms with van der Waals surface area (Å²) in [6, 6.07) is 24.5. The number of ether oxygens (including phenoxy) is 1. The van der Waals surface area contributed by atoms with Crippen LogP contribution in [0.4, 0.5) is 5.69 Å². The minimum atomic E-state index is -0.138. The second-order valence-electron chi connectivity index (χ2n) is 6.70. The Kier molecular flexibility index (Phi) is 5.12. The second kappa shape index (κ2) is 8.02. The summed E-state index contributed by atoms with van der Waals surface area (Å²) in [7, 11) is 1.63. The van der Waals surface area contributed by atoms with E-state index in [0.29, 0.717) is 11.3 Å². The molecule has 4 rings (SSSR count). The molecule has 29 heavy (non-hydrogen) atoms. The molecule has 5 heteroatoms. The van der Waals surface area contributed by atoms with Crippen molar-refractivity contribution in [1.29, 1.82) is 0 Å². The van der Waals surface area contributed by atoms with E-state index in [-0.39, 0.29) is 5.91 Å². The number of benzene rings is 3. The predicted molar refractivity (Wildman–Crippen MR) is 113 cm³/mol. The number of hydrogen-bond donors (Lipinski definition) is 1. The summed E-state index contributed by atoms with van der Waals surface area (Å²) >= 11 is 0. The number of rotatable bonds is 5. The normalized spacial score (nSPS) is 10.6. The van der Waals surface area contributed by atoms with Gasteiger partial charge in [0.25, 0.3) is 5.91 Å². The molecular weight excluding hydrogens is 364 g/mol. The number of aromatic nitrogens is 1. The molecule has 4 aromatic rings. The summed E-state index contributed by atoms with van der Waals surface area (Å²) in [5, 5.41) is 7.06. The molecule has 1 N–H and O–H groups in total. The van der Waals surface area contributed by atoms with Crippen molar-refractivity contribution in [3.05, 3.63) is 90.0 Å². The third-order valence-electron chi connectivity index (χ3n) is 4.64. The zero-order valence-electron chi connectivity index (χ0n) is 16.2. The van der Waals surface area contributed by atoms with Crippen LogP contribution in [0.1, 0.15) is 15.9 Å². The monoisotopic (exact) mass is 384 g/mol. The van der Waals surface area contributed by atoms with Crippen molar-refractivity contribution >= 4 is 11.6 Å². The van der Waals surface area contributed by atoms with E-state index in [1.807, 2.05) is 85.8 Å². The highest BCUT2D eigenvalue weighted by Crippen LogP contribution is 2.28. The fraction of sp³-hybridized carbons (Fsp3) is 0.0833. The summed E-state index contributed by atoms with van der Waals surface area (Å²) in [6.45, 7) is 1.99. The molecule has 0 saturated carbocycles. The van der Waals surface area contributed by atoms with Gasteiger partial charge in [0.15, 0.2) is 5.76 Å². The first-order valence-corrected chi connectivity index (χ1v) is 9.22. The number of methoxy groups -OCH3 is 1. The van der Waals surface area contributed by atoms with Crippen LogP contribution >= 0.6 is 0 Å². The summed E-state index contributed by atoms with van der Waals surface area (Å²) in [6.07, 6.45) is 0. The van der Waals surface area contributed by atoms with Gasteiger partial charge in [0, 0.05) is 28.4 Å². The summed E-state index contributed by atoms with van der Waals surface area (Å²) < 4.78 is 10.7. The summed E-state index contributed by atoms with van der Waals surface area (Å²) in [4.78, 5) is 12.3. The van der Waals surface area contributed by atoms with Crippen molar-refractivity contribution in [3.63, 3.8) is 0 Å². The predicted octanol–water partition coefficient (Wildman–Crippen LogP) is 5.58. The van der Waals surface area contributed by atoms with Crippen LogP contribution in [0.5, 0.6) is 5.75 Å². The van der Waals surface area contributed by atoms with E-state index in [0.717, 1.165) is 33.8 Å². The summed E-state index contributed by atoms with van der Waals surface area (Å²) in [5.74, 6) is 1.33. The van der Waals surface area contributed by atoms with Crippen LogP contribution in [0, 0.1) is 6.92 Å². The van der Waals surface area contributed by atoms with Gasteiger partial charge in [0.2, 0.25) is 0 Å². The van der Waals surface area contributed by atoms with Gasteiger partial charge in [-0.25, -0.2) is 0 Å². The van der Waals surface area contributed by atoms with Crippen molar-refractivity contribution in [2.45, 2.75) is 6.92 Å². The maximum atomic E-state index is 12.3. The Bertz CT molecular complexity index is 1110. The molecule has 1 aromatic heterocycles. The minimum absolute atomic E-state index is 0.138. The van der Waals surface area contributed by atoms with Gasteiger partial charge >= 0.3 is 0 Å². The quantitative estimate of drug-likeness (QED) is 0.488. The molecule has 0 atom stereocenters. The largest absolute Gasteiger partial charge is 0.497 e.